The molecule has 0 aromatic heterocycles. The molecular formula is C28H33O6S-. The van der Waals surface area contributed by atoms with E-state index < -0.39 is 5.97 Å². The van der Waals surface area contributed by atoms with Gasteiger partial charge >= 0.3 is 5.97 Å². The van der Waals surface area contributed by atoms with Crippen molar-refractivity contribution in [2.24, 2.45) is 0 Å². The van der Waals surface area contributed by atoms with E-state index in [1.807, 2.05) is 13.0 Å². The lowest BCUT2D eigenvalue weighted by Gasteiger charge is -2.09. The van der Waals surface area contributed by atoms with Gasteiger partial charge in [-0.1, -0.05) is 81.3 Å². The molecule has 0 saturated carbocycles. The molecule has 0 N–H and O–H groups in total. The molecule has 0 aliphatic carbocycles. The molecule has 0 unspecified atom stereocenters. The summed E-state index contributed by atoms with van der Waals surface area (Å²) in [7, 11) is 0. The first-order valence-corrected chi connectivity index (χ1v) is 12.6. The van der Waals surface area contributed by atoms with Gasteiger partial charge in [0.2, 0.25) is 0 Å². The highest BCUT2D eigenvalue weighted by Gasteiger charge is 2.13. The van der Waals surface area contributed by atoms with Crippen LogP contribution in [0.5, 0.6) is 5.75 Å². The summed E-state index contributed by atoms with van der Waals surface area (Å²) in [5.74, 6) is 0.538. The van der Waals surface area contributed by atoms with Crippen LogP contribution in [0.3, 0.4) is 0 Å². The topological polar surface area (TPSA) is 77.1 Å². The lowest BCUT2D eigenvalue weighted by Crippen LogP contribution is -2.08. The zero-order valence-corrected chi connectivity index (χ0v) is 21.1. The Bertz CT molecular complexity index is 963. The zero-order valence-electron chi connectivity index (χ0n) is 20.3. The van der Waals surface area contributed by atoms with Gasteiger partial charge in [0.15, 0.2) is 0 Å². The summed E-state index contributed by atoms with van der Waals surface area (Å²) in [6, 6.07) is 25.6. The highest BCUT2D eigenvalue weighted by Crippen LogP contribution is 2.24. The van der Waals surface area contributed by atoms with Crippen LogP contribution in [0.2, 0.25) is 0 Å². The van der Waals surface area contributed by atoms with Gasteiger partial charge in [-0.2, -0.15) is 4.33 Å². The molecule has 0 amide bonds. The number of hydrogen-bond acceptors (Lipinski definition) is 7. The maximum absolute atomic E-state index is 11.7. The van der Waals surface area contributed by atoms with E-state index in [2.05, 4.69) is 64.8 Å². The van der Waals surface area contributed by atoms with Crippen molar-refractivity contribution >= 4 is 18.0 Å². The third kappa shape index (κ3) is 11.4. The second-order valence-electron chi connectivity index (χ2n) is 7.71. The van der Waals surface area contributed by atoms with E-state index >= 15 is 0 Å². The monoisotopic (exact) mass is 497 g/mol. The highest BCUT2D eigenvalue weighted by molar-refractivity contribution is 7.94. The van der Waals surface area contributed by atoms with E-state index in [0.29, 0.717) is 29.1 Å². The normalized spacial score (nSPS) is 10.3. The number of carbonyl (C=O) groups excluding carboxylic acids is 1. The highest BCUT2D eigenvalue weighted by atomic mass is 32.2. The molecule has 6 nitrogen and oxygen atoms in total. The third-order valence-electron chi connectivity index (χ3n) is 4.93. The molecule has 0 aliphatic heterocycles. The molecule has 7 heteroatoms. The summed E-state index contributed by atoms with van der Waals surface area (Å²) in [5, 5.41) is 13.0. The van der Waals surface area contributed by atoms with Crippen LogP contribution in [0.1, 0.15) is 61.0 Å². The molecule has 0 bridgehead atoms. The minimum atomic E-state index is -0.434. The van der Waals surface area contributed by atoms with Crippen molar-refractivity contribution in [3.05, 3.63) is 95.6 Å². The van der Waals surface area contributed by atoms with Gasteiger partial charge in [0.25, 0.3) is 0 Å². The van der Waals surface area contributed by atoms with Gasteiger partial charge in [-0.15, -0.1) is 0 Å². The summed E-state index contributed by atoms with van der Waals surface area (Å²) in [4.78, 5) is 12.2. The molecule has 3 aromatic carbocycles. The molecule has 0 saturated heterocycles. The number of ether oxygens (including phenoxy) is 2. The minimum Gasteiger partial charge on any atom is -0.691 e. The van der Waals surface area contributed by atoms with Gasteiger partial charge in [-0.05, 0) is 54.7 Å². The second kappa shape index (κ2) is 17.6. The Morgan fingerprint density at radius 2 is 1.43 bits per heavy atom. The van der Waals surface area contributed by atoms with E-state index in [4.69, 9.17) is 9.47 Å². The number of unbranched alkanes of at least 4 members (excludes halogenated alkanes) is 2. The smallest absolute Gasteiger partial charge is 0.339 e. The van der Waals surface area contributed by atoms with Crippen LogP contribution in [0.4, 0.5) is 0 Å². The lowest BCUT2D eigenvalue weighted by molar-refractivity contribution is -0.777. The molecule has 0 heterocycles. The SMILES string of the molecule is CCCCOC(=O)c1ccccc1SOO[O-].CCCCOc1ccc(Cc2ccccc2)cc1. The predicted molar refractivity (Wildman–Crippen MR) is 136 cm³/mol. The average Bonchev–Trinajstić information content (AvgIpc) is 2.90. The van der Waals surface area contributed by atoms with Crippen LogP contribution in [0.25, 0.3) is 0 Å². The molecule has 188 valence electrons. The van der Waals surface area contributed by atoms with Crippen LogP contribution < -0.4 is 9.99 Å². The van der Waals surface area contributed by atoms with Crippen molar-refractivity contribution in [3.8, 4) is 5.75 Å². The number of benzene rings is 3. The molecule has 0 atom stereocenters. The maximum atomic E-state index is 11.7. The van der Waals surface area contributed by atoms with Crippen molar-refractivity contribution in [2.45, 2.75) is 50.8 Å². The molecule has 0 aliphatic rings. The standard InChI is InChI=1S/C17H20O.C11H14O5S/c1-2-3-13-18-17-11-9-16(10-12-17)14-15-7-5-4-6-8-15;1-2-3-8-14-11(12)9-6-4-5-7-10(9)17-16-15-13/h4-12H,2-3,13-14H2,1H3;4-7,13H,2-3,8H2,1H3/p-1. The number of carbonyl (C=O) groups is 1. The number of hydrogen-bond donors (Lipinski definition) is 0. The molecule has 0 radical (unpaired) electrons. The first-order valence-electron chi connectivity index (χ1n) is 11.8. The Hall–Kier alpha value is -2.84. The Balaban J connectivity index is 0.000000247. The fraction of sp³-hybridized carbons (Fsp3) is 0.321. The third-order valence-corrected chi connectivity index (χ3v) is 5.59. The fourth-order valence-electron chi connectivity index (χ4n) is 3.01. The molecule has 0 fully saturated rings. The Labute approximate surface area is 212 Å². The van der Waals surface area contributed by atoms with Crippen molar-refractivity contribution in [1.29, 1.82) is 0 Å². The summed E-state index contributed by atoms with van der Waals surface area (Å²) in [6.07, 6.45) is 5.05. The van der Waals surface area contributed by atoms with Crippen molar-refractivity contribution < 1.29 is 28.9 Å². The van der Waals surface area contributed by atoms with Crippen LogP contribution in [0, 0.1) is 0 Å². The Kier molecular flexibility index (Phi) is 14.3. The number of esters is 1. The van der Waals surface area contributed by atoms with Gasteiger partial charge in [0.1, 0.15) is 5.75 Å². The molecule has 0 spiro atoms. The number of rotatable bonds is 13. The van der Waals surface area contributed by atoms with E-state index in [1.54, 1.807) is 24.3 Å². The van der Waals surface area contributed by atoms with E-state index in [0.717, 1.165) is 38.0 Å². The van der Waals surface area contributed by atoms with E-state index in [1.165, 1.54) is 17.5 Å². The minimum absolute atomic E-state index is 0.352. The molecule has 35 heavy (non-hydrogen) atoms. The second-order valence-corrected chi connectivity index (χ2v) is 8.46. The Morgan fingerprint density at radius 3 is 2.11 bits per heavy atom. The zero-order chi connectivity index (χ0) is 25.1. The molecular weight excluding hydrogens is 464 g/mol. The fourth-order valence-corrected chi connectivity index (χ4v) is 3.49. The van der Waals surface area contributed by atoms with Crippen LogP contribution in [-0.4, -0.2) is 19.2 Å². The van der Waals surface area contributed by atoms with Crippen molar-refractivity contribution in [2.75, 3.05) is 13.2 Å². The summed E-state index contributed by atoms with van der Waals surface area (Å²) < 4.78 is 14.9. The summed E-state index contributed by atoms with van der Waals surface area (Å²) in [6.45, 7) is 5.38. The summed E-state index contributed by atoms with van der Waals surface area (Å²) in [5.41, 5.74) is 3.02. The van der Waals surface area contributed by atoms with Gasteiger partial charge in [0, 0.05) is 0 Å². The lowest BCUT2D eigenvalue weighted by atomic mass is 10.1. The van der Waals surface area contributed by atoms with Crippen LogP contribution in [-0.2, 0) is 20.5 Å². The maximum Gasteiger partial charge on any atom is 0.339 e. The van der Waals surface area contributed by atoms with Gasteiger partial charge < -0.3 is 14.7 Å². The first-order chi connectivity index (χ1) is 17.2. The molecule has 3 rings (SSSR count). The Morgan fingerprint density at radius 1 is 0.800 bits per heavy atom. The first kappa shape index (κ1) is 28.4. The van der Waals surface area contributed by atoms with E-state index in [9.17, 15) is 10.1 Å². The van der Waals surface area contributed by atoms with Gasteiger partial charge in [0.05, 0.1) is 35.7 Å². The largest absolute Gasteiger partial charge is 0.691 e. The molecule has 3 aromatic rings. The average molecular weight is 498 g/mol. The van der Waals surface area contributed by atoms with Gasteiger partial charge in [-0.3, -0.25) is 5.04 Å². The van der Waals surface area contributed by atoms with Crippen molar-refractivity contribution in [3.63, 3.8) is 0 Å². The quantitative estimate of drug-likeness (QED) is 0.0898. The predicted octanol–water partition coefficient (Wildman–Crippen LogP) is 6.33. The van der Waals surface area contributed by atoms with Crippen LogP contribution in [0.15, 0.2) is 83.8 Å². The van der Waals surface area contributed by atoms with Crippen LogP contribution >= 0.6 is 12.0 Å². The summed E-state index contributed by atoms with van der Waals surface area (Å²) >= 11 is 0.679. The van der Waals surface area contributed by atoms with Crippen molar-refractivity contribution in [1.82, 2.24) is 0 Å². The van der Waals surface area contributed by atoms with Gasteiger partial charge in [-0.25, -0.2) is 4.79 Å². The van der Waals surface area contributed by atoms with E-state index in [-0.39, 0.29) is 0 Å².